The Balaban J connectivity index is 3.24. The molecule has 0 fully saturated rings. The van der Waals surface area contributed by atoms with Gasteiger partial charge in [-0.1, -0.05) is 182 Å². The Labute approximate surface area is 338 Å². The number of ketones is 2. The van der Waals surface area contributed by atoms with Crippen LogP contribution in [0.2, 0.25) is 0 Å². The van der Waals surface area contributed by atoms with E-state index in [1.54, 1.807) is 0 Å². The lowest BCUT2D eigenvalue weighted by Gasteiger charge is -2.21. The van der Waals surface area contributed by atoms with E-state index in [1.165, 1.54) is 0 Å². The van der Waals surface area contributed by atoms with E-state index in [9.17, 15) is 28.8 Å². The number of unbranched alkanes of at least 4 members (excludes halogenated alkanes) is 24. The first kappa shape index (κ1) is 50.7. The molecule has 1 aliphatic carbocycles. The smallest absolute Gasteiger partial charge is 0.311 e. The van der Waals surface area contributed by atoms with Gasteiger partial charge in [0.15, 0.2) is 0 Å². The largest absolute Gasteiger partial charge is 0.418 e. The van der Waals surface area contributed by atoms with Crippen LogP contribution in [0, 0.1) is 0 Å². The summed E-state index contributed by atoms with van der Waals surface area (Å²) >= 11 is 0. The molecule has 0 spiro atoms. The molecular formula is C46H76O10. The van der Waals surface area contributed by atoms with Crippen LogP contribution in [0.5, 0.6) is 0 Å². The maximum absolute atomic E-state index is 14.0. The standard InChI is InChI=1S/C46H76O10/c1-5-9-13-17-21-25-29-33-37(47)53-43-41(51)45(55-39(49)35-31-27-23-19-15-11-7-3)46(56-40(50)36-32-28-24-20-16-12-8-4)42(52)44(43)54-38(48)34-30-26-22-18-14-10-6-2/h5-36H2,1-4H3. The molecule has 320 valence electrons. The average molecular weight is 789 g/mol. The van der Waals surface area contributed by atoms with Gasteiger partial charge in [0.05, 0.1) is 0 Å². The number of ether oxygens (including phenoxy) is 4. The van der Waals surface area contributed by atoms with Crippen molar-refractivity contribution >= 4 is 35.4 Å². The van der Waals surface area contributed by atoms with Crippen molar-refractivity contribution in [3.05, 3.63) is 23.0 Å². The summed E-state index contributed by atoms with van der Waals surface area (Å²) in [6, 6.07) is 0. The lowest BCUT2D eigenvalue weighted by molar-refractivity contribution is -0.152. The second kappa shape index (κ2) is 33.8. The molecule has 0 saturated heterocycles. The fourth-order valence-electron chi connectivity index (χ4n) is 6.55. The third-order valence-corrected chi connectivity index (χ3v) is 10.0. The molecule has 0 aromatic carbocycles. The van der Waals surface area contributed by atoms with Crippen molar-refractivity contribution in [3.8, 4) is 0 Å². The minimum absolute atomic E-state index is 0.0324. The Morgan fingerprint density at radius 2 is 0.446 bits per heavy atom. The summed E-state index contributed by atoms with van der Waals surface area (Å²) in [5, 5.41) is 0. The minimum Gasteiger partial charge on any atom is -0.418 e. The number of carbonyl (C=O) groups excluding carboxylic acids is 6. The third-order valence-electron chi connectivity index (χ3n) is 10.0. The van der Waals surface area contributed by atoms with Crippen LogP contribution >= 0.6 is 0 Å². The van der Waals surface area contributed by atoms with Gasteiger partial charge in [0.25, 0.3) is 11.6 Å². The van der Waals surface area contributed by atoms with E-state index in [0.29, 0.717) is 25.7 Å². The highest BCUT2D eigenvalue weighted by Gasteiger charge is 2.44. The van der Waals surface area contributed by atoms with Gasteiger partial charge in [-0.15, -0.1) is 0 Å². The van der Waals surface area contributed by atoms with Gasteiger partial charge in [-0.25, -0.2) is 0 Å². The first-order valence-corrected chi connectivity index (χ1v) is 22.6. The van der Waals surface area contributed by atoms with Crippen molar-refractivity contribution in [3.63, 3.8) is 0 Å². The monoisotopic (exact) mass is 789 g/mol. The summed E-state index contributed by atoms with van der Waals surface area (Å²) in [6.45, 7) is 8.58. The van der Waals surface area contributed by atoms with Crippen LogP contribution in [-0.2, 0) is 47.7 Å². The SMILES string of the molecule is CCCCCCCCCC(=O)OC1=C(OC(=O)CCCCCCCCC)C(=O)C(OC(=O)CCCCCCCCC)=C(OC(=O)CCCCCCCCC)C1=O. The Morgan fingerprint density at radius 1 is 0.286 bits per heavy atom. The molecule has 10 heteroatoms. The zero-order valence-electron chi connectivity index (χ0n) is 35.7. The predicted molar refractivity (Wildman–Crippen MR) is 219 cm³/mol. The number of Topliss-reactive ketones (excluding diaryl/α,β-unsaturated/α-hetero) is 2. The molecule has 56 heavy (non-hydrogen) atoms. The topological polar surface area (TPSA) is 139 Å². The van der Waals surface area contributed by atoms with Crippen LogP contribution in [0.25, 0.3) is 0 Å². The quantitative estimate of drug-likeness (QED) is 0.0261. The van der Waals surface area contributed by atoms with Crippen LogP contribution in [0.1, 0.15) is 233 Å². The van der Waals surface area contributed by atoms with Crippen LogP contribution in [0.4, 0.5) is 0 Å². The fraction of sp³-hybridized carbons (Fsp3) is 0.783. The van der Waals surface area contributed by atoms with E-state index in [4.69, 9.17) is 18.9 Å². The molecule has 0 aromatic heterocycles. The predicted octanol–water partition coefficient (Wildman–Crippen LogP) is 12.3. The zero-order chi connectivity index (χ0) is 41.2. The summed E-state index contributed by atoms with van der Waals surface area (Å²) in [5.74, 6) is -8.81. The Kier molecular flexibility index (Phi) is 30.6. The summed E-state index contributed by atoms with van der Waals surface area (Å²) in [6.07, 6.45) is 26.7. The van der Waals surface area contributed by atoms with Crippen LogP contribution in [0.3, 0.4) is 0 Å². The lowest BCUT2D eigenvalue weighted by atomic mass is 10.0. The molecule has 0 aromatic rings. The molecule has 0 bridgehead atoms. The molecular weight excluding hydrogens is 712 g/mol. The highest BCUT2D eigenvalue weighted by Crippen LogP contribution is 2.30. The van der Waals surface area contributed by atoms with Gasteiger partial charge in [0.1, 0.15) is 0 Å². The zero-order valence-corrected chi connectivity index (χ0v) is 35.7. The molecule has 0 saturated carbocycles. The van der Waals surface area contributed by atoms with Crippen molar-refractivity contribution in [2.75, 3.05) is 0 Å². The van der Waals surface area contributed by atoms with E-state index < -0.39 is 58.5 Å². The van der Waals surface area contributed by atoms with Gasteiger partial charge in [0, 0.05) is 25.7 Å². The minimum atomic E-state index is -1.16. The molecule has 0 unspecified atom stereocenters. The molecule has 0 amide bonds. The Bertz CT molecular complexity index is 1050. The molecule has 0 aliphatic heterocycles. The molecule has 0 heterocycles. The van der Waals surface area contributed by atoms with Crippen LogP contribution in [0.15, 0.2) is 23.0 Å². The molecule has 0 radical (unpaired) electrons. The van der Waals surface area contributed by atoms with Crippen molar-refractivity contribution in [2.24, 2.45) is 0 Å². The fourth-order valence-corrected chi connectivity index (χ4v) is 6.55. The highest BCUT2D eigenvalue weighted by molar-refractivity contribution is 6.23. The van der Waals surface area contributed by atoms with E-state index >= 15 is 0 Å². The summed E-state index contributed by atoms with van der Waals surface area (Å²) in [5.41, 5.74) is 0. The second-order valence-electron chi connectivity index (χ2n) is 15.4. The highest BCUT2D eigenvalue weighted by atomic mass is 16.6. The van der Waals surface area contributed by atoms with E-state index in [2.05, 4.69) is 27.7 Å². The van der Waals surface area contributed by atoms with Gasteiger partial charge in [0.2, 0.25) is 23.0 Å². The summed E-state index contributed by atoms with van der Waals surface area (Å²) < 4.78 is 21.9. The van der Waals surface area contributed by atoms with Gasteiger partial charge >= 0.3 is 23.9 Å². The molecule has 0 N–H and O–H groups in total. The number of hydrogen-bond acceptors (Lipinski definition) is 10. The van der Waals surface area contributed by atoms with Gasteiger partial charge in [-0.05, 0) is 25.7 Å². The van der Waals surface area contributed by atoms with E-state index in [1.807, 2.05) is 0 Å². The molecule has 0 atom stereocenters. The van der Waals surface area contributed by atoms with Crippen molar-refractivity contribution in [1.82, 2.24) is 0 Å². The molecule has 1 aliphatic rings. The van der Waals surface area contributed by atoms with Gasteiger partial charge in [-0.2, -0.15) is 0 Å². The van der Waals surface area contributed by atoms with Crippen molar-refractivity contribution < 1.29 is 47.7 Å². The van der Waals surface area contributed by atoms with Crippen molar-refractivity contribution in [2.45, 2.75) is 233 Å². The molecule has 1 rings (SSSR count). The summed E-state index contributed by atoms with van der Waals surface area (Å²) in [4.78, 5) is 80.4. The lowest BCUT2D eigenvalue weighted by Crippen LogP contribution is -2.32. The maximum Gasteiger partial charge on any atom is 0.311 e. The number of esters is 4. The van der Waals surface area contributed by atoms with Crippen LogP contribution in [-0.4, -0.2) is 35.4 Å². The molecule has 10 nitrogen and oxygen atoms in total. The Morgan fingerprint density at radius 3 is 0.625 bits per heavy atom. The third kappa shape index (κ3) is 23.7. The average Bonchev–Trinajstić information content (AvgIpc) is 3.18. The first-order valence-electron chi connectivity index (χ1n) is 22.6. The first-order chi connectivity index (χ1) is 27.2. The van der Waals surface area contributed by atoms with Crippen molar-refractivity contribution in [1.29, 1.82) is 0 Å². The van der Waals surface area contributed by atoms with E-state index in [0.717, 1.165) is 154 Å². The number of rotatable bonds is 36. The maximum atomic E-state index is 14.0. The van der Waals surface area contributed by atoms with Gasteiger partial charge < -0.3 is 18.9 Å². The normalized spacial score (nSPS) is 13.0. The van der Waals surface area contributed by atoms with E-state index in [-0.39, 0.29) is 25.7 Å². The van der Waals surface area contributed by atoms with Crippen LogP contribution < -0.4 is 0 Å². The number of hydrogen-bond donors (Lipinski definition) is 0. The second-order valence-corrected chi connectivity index (χ2v) is 15.4. The van der Waals surface area contributed by atoms with Gasteiger partial charge in [-0.3, -0.25) is 28.8 Å². The number of carbonyl (C=O) groups is 6. The Hall–Kier alpha value is -3.30. The summed E-state index contributed by atoms with van der Waals surface area (Å²) in [7, 11) is 0.